The number of amides is 1. The summed E-state index contributed by atoms with van der Waals surface area (Å²) in [5.41, 5.74) is -0.543. The van der Waals surface area contributed by atoms with Crippen LogP contribution in [0.15, 0.2) is 42.5 Å². The minimum atomic E-state index is -4.33. The quantitative estimate of drug-likeness (QED) is 0.657. The lowest BCUT2D eigenvalue weighted by Gasteiger charge is -2.18. The van der Waals surface area contributed by atoms with Crippen molar-refractivity contribution in [2.45, 2.75) is 5.75 Å². The summed E-state index contributed by atoms with van der Waals surface area (Å²) in [6.07, 6.45) is 0. The number of nitrogens with one attached hydrogen (secondary N) is 2. The van der Waals surface area contributed by atoms with Gasteiger partial charge in [0.2, 0.25) is 10.0 Å². The first-order valence-corrected chi connectivity index (χ1v) is 10.6. The molecule has 1 amide bonds. The van der Waals surface area contributed by atoms with E-state index in [-0.39, 0.29) is 11.4 Å². The topological polar surface area (TPSA) is 133 Å². The Kier molecular flexibility index (Phi) is 4.70. The number of hydrogen-bond acceptors (Lipinski definition) is 6. The fourth-order valence-corrected chi connectivity index (χ4v) is 4.90. The summed E-state index contributed by atoms with van der Waals surface area (Å²) in [5.74, 6) is -3.32. The largest absolute Gasteiger partial charge is 0.506 e. The van der Waals surface area contributed by atoms with E-state index in [1.807, 2.05) is 0 Å². The molecule has 3 N–H and O–H groups in total. The molecule has 1 heterocycles. The molecule has 0 bridgehead atoms. The van der Waals surface area contributed by atoms with Crippen LogP contribution in [0, 0.1) is 5.82 Å². The minimum Gasteiger partial charge on any atom is -0.506 e. The summed E-state index contributed by atoms with van der Waals surface area (Å²) >= 11 is 0. The number of carbonyl (C=O) groups excluding carboxylic acids is 1. The van der Waals surface area contributed by atoms with Gasteiger partial charge in [-0.25, -0.2) is 21.8 Å². The number of sulfonamides is 1. The average molecular weight is 415 g/mol. The highest BCUT2D eigenvalue weighted by Gasteiger charge is 2.37. The second kappa shape index (κ2) is 6.70. The van der Waals surface area contributed by atoms with Crippen LogP contribution in [0.5, 0.6) is 5.75 Å². The van der Waals surface area contributed by atoms with E-state index in [4.69, 9.17) is 0 Å². The van der Waals surface area contributed by atoms with Crippen LogP contribution in [0.4, 0.5) is 15.8 Å². The summed E-state index contributed by atoms with van der Waals surface area (Å²) in [7, 11) is -8.24. The number of hydrogen-bond donors (Lipinski definition) is 3. The van der Waals surface area contributed by atoms with Crippen LogP contribution in [0.25, 0.3) is 0 Å². The molecule has 1 aliphatic heterocycles. The van der Waals surface area contributed by atoms with Crippen molar-refractivity contribution >= 4 is 37.5 Å². The number of anilines is 2. The molecule has 3 rings (SSSR count). The number of nitrogens with zero attached hydrogens (tertiary/aromatic N) is 1. The molecule has 0 aliphatic carbocycles. The summed E-state index contributed by atoms with van der Waals surface area (Å²) in [5, 5.41) is 10.0. The minimum absolute atomic E-state index is 0.291. The summed E-state index contributed by atoms with van der Waals surface area (Å²) in [6, 6.07) is 9.83. The molecule has 0 atom stereocenters. The van der Waals surface area contributed by atoms with Gasteiger partial charge in [-0.15, -0.1) is 0 Å². The Bertz CT molecular complexity index is 1080. The monoisotopic (exact) mass is 415 g/mol. The van der Waals surface area contributed by atoms with Crippen LogP contribution in [0.1, 0.15) is 5.56 Å². The second-order valence-electron chi connectivity index (χ2n) is 5.71. The van der Waals surface area contributed by atoms with E-state index in [0.29, 0.717) is 9.87 Å². The van der Waals surface area contributed by atoms with Gasteiger partial charge in [-0.3, -0.25) is 9.52 Å². The summed E-state index contributed by atoms with van der Waals surface area (Å²) in [4.78, 5) is 11.3. The van der Waals surface area contributed by atoms with E-state index >= 15 is 0 Å². The zero-order chi connectivity index (χ0) is 19.8. The van der Waals surface area contributed by atoms with Crippen molar-refractivity contribution in [3.63, 3.8) is 0 Å². The van der Waals surface area contributed by atoms with Crippen molar-refractivity contribution in [1.29, 1.82) is 0 Å². The molecular weight excluding hydrogens is 401 g/mol. The third-order valence-electron chi connectivity index (χ3n) is 3.59. The van der Waals surface area contributed by atoms with Crippen molar-refractivity contribution in [3.05, 3.63) is 53.8 Å². The van der Waals surface area contributed by atoms with E-state index in [2.05, 4.69) is 4.72 Å². The average Bonchev–Trinajstić information content (AvgIpc) is 2.79. The Balaban J connectivity index is 1.88. The van der Waals surface area contributed by atoms with Gasteiger partial charge in [0, 0.05) is 12.1 Å². The van der Waals surface area contributed by atoms with Crippen LogP contribution in [0.2, 0.25) is 0 Å². The third-order valence-corrected chi connectivity index (χ3v) is 6.22. The molecule has 27 heavy (non-hydrogen) atoms. The molecule has 0 saturated carbocycles. The summed E-state index contributed by atoms with van der Waals surface area (Å²) < 4.78 is 66.5. The van der Waals surface area contributed by atoms with Crippen molar-refractivity contribution in [1.82, 2.24) is 4.72 Å². The van der Waals surface area contributed by atoms with Gasteiger partial charge in [0.1, 0.15) is 18.0 Å². The number of phenolic OH excluding ortho intramolecular Hbond substituents is 1. The van der Waals surface area contributed by atoms with E-state index in [0.717, 1.165) is 12.1 Å². The normalized spacial score (nSPS) is 16.2. The van der Waals surface area contributed by atoms with E-state index < -0.39 is 49.9 Å². The standard InChI is InChI=1S/C15H14FN3O6S2/c16-12-6-11(17-26(22,23)9-10-4-2-1-3-5-10)7-13(20)15(12)19-8-14(21)18-27(19,24)25/h1-7,17,20H,8-9H2,(H,18,21). The maximum atomic E-state index is 14.4. The Morgan fingerprint density at radius 2 is 1.89 bits per heavy atom. The Morgan fingerprint density at radius 3 is 2.44 bits per heavy atom. The number of carbonyl (C=O) groups is 1. The lowest BCUT2D eigenvalue weighted by molar-refractivity contribution is -0.117. The Labute approximate surface area is 154 Å². The number of benzene rings is 2. The molecule has 0 spiro atoms. The molecule has 0 radical (unpaired) electrons. The molecule has 0 aromatic heterocycles. The van der Waals surface area contributed by atoms with Crippen LogP contribution in [-0.4, -0.2) is 34.4 Å². The van der Waals surface area contributed by atoms with Gasteiger partial charge in [-0.1, -0.05) is 30.3 Å². The summed E-state index contributed by atoms with van der Waals surface area (Å²) in [6.45, 7) is -0.702. The highest BCUT2D eigenvalue weighted by Crippen LogP contribution is 2.36. The van der Waals surface area contributed by atoms with E-state index in [9.17, 15) is 31.1 Å². The van der Waals surface area contributed by atoms with Gasteiger partial charge in [0.25, 0.3) is 5.91 Å². The number of aromatic hydroxyl groups is 1. The Morgan fingerprint density at radius 1 is 1.22 bits per heavy atom. The lowest BCUT2D eigenvalue weighted by Crippen LogP contribution is -2.30. The first-order chi connectivity index (χ1) is 12.6. The second-order valence-corrected chi connectivity index (χ2v) is 9.03. The number of rotatable bonds is 5. The van der Waals surface area contributed by atoms with Gasteiger partial charge in [-0.05, 0) is 5.56 Å². The molecule has 2 aromatic carbocycles. The van der Waals surface area contributed by atoms with E-state index in [1.165, 1.54) is 0 Å². The van der Waals surface area contributed by atoms with E-state index in [1.54, 1.807) is 35.1 Å². The predicted octanol–water partition coefficient (Wildman–Crippen LogP) is 0.654. The fraction of sp³-hybridized carbons (Fsp3) is 0.133. The zero-order valence-corrected chi connectivity index (χ0v) is 15.2. The maximum Gasteiger partial charge on any atom is 0.326 e. The first kappa shape index (κ1) is 18.9. The number of phenols is 1. The lowest BCUT2D eigenvalue weighted by atomic mass is 10.2. The van der Waals surface area contributed by atoms with Crippen LogP contribution in [-0.2, 0) is 30.8 Å². The fourth-order valence-electron chi connectivity index (χ4n) is 2.55. The molecule has 12 heteroatoms. The van der Waals surface area contributed by atoms with Crippen molar-refractivity contribution in [2.75, 3.05) is 15.6 Å². The van der Waals surface area contributed by atoms with Crippen LogP contribution in [0.3, 0.4) is 0 Å². The first-order valence-electron chi connectivity index (χ1n) is 7.48. The SMILES string of the molecule is O=C1CN(c2c(O)cc(NS(=O)(=O)Cc3ccccc3)cc2F)S(=O)(=O)N1. The van der Waals surface area contributed by atoms with Crippen molar-refractivity contribution < 1.29 is 31.1 Å². The molecule has 1 fully saturated rings. The maximum absolute atomic E-state index is 14.4. The van der Waals surface area contributed by atoms with Crippen molar-refractivity contribution in [2.24, 2.45) is 0 Å². The van der Waals surface area contributed by atoms with Gasteiger partial charge >= 0.3 is 10.2 Å². The van der Waals surface area contributed by atoms with Gasteiger partial charge < -0.3 is 5.11 Å². The molecule has 144 valence electrons. The van der Waals surface area contributed by atoms with Crippen molar-refractivity contribution in [3.8, 4) is 5.75 Å². The molecular formula is C15H14FN3O6S2. The molecule has 9 nitrogen and oxygen atoms in total. The highest BCUT2D eigenvalue weighted by molar-refractivity contribution is 7.92. The van der Waals surface area contributed by atoms with Gasteiger partial charge in [0.05, 0.1) is 11.4 Å². The Hall–Kier alpha value is -2.86. The van der Waals surface area contributed by atoms with Crippen LogP contribution < -0.4 is 13.7 Å². The highest BCUT2D eigenvalue weighted by atomic mass is 32.2. The van der Waals surface area contributed by atoms with Crippen LogP contribution >= 0.6 is 0 Å². The predicted molar refractivity (Wildman–Crippen MR) is 95.2 cm³/mol. The smallest absolute Gasteiger partial charge is 0.326 e. The van der Waals surface area contributed by atoms with Gasteiger partial charge in [-0.2, -0.15) is 8.42 Å². The number of halogens is 1. The zero-order valence-electron chi connectivity index (χ0n) is 13.6. The molecule has 0 unspecified atom stereocenters. The van der Waals surface area contributed by atoms with Gasteiger partial charge in [0.15, 0.2) is 5.82 Å². The molecule has 2 aromatic rings. The third kappa shape index (κ3) is 4.11. The molecule has 1 saturated heterocycles. The molecule has 1 aliphatic rings.